The van der Waals surface area contributed by atoms with E-state index in [4.69, 9.17) is 5.84 Å². The van der Waals surface area contributed by atoms with Gasteiger partial charge >= 0.3 is 0 Å². The summed E-state index contributed by atoms with van der Waals surface area (Å²) in [7, 11) is 2.07. The highest BCUT2D eigenvalue weighted by Gasteiger charge is 2.26. The zero-order chi connectivity index (χ0) is 14.7. The molecule has 4 N–H and O–H groups in total. The topological polar surface area (TPSA) is 70.4 Å². The van der Waals surface area contributed by atoms with E-state index in [9.17, 15) is 9.18 Å². The summed E-state index contributed by atoms with van der Waals surface area (Å²) in [4.78, 5) is 14.5. The fourth-order valence-corrected chi connectivity index (χ4v) is 2.67. The van der Waals surface area contributed by atoms with Gasteiger partial charge in [-0.05, 0) is 38.1 Å². The highest BCUT2D eigenvalue weighted by atomic mass is 19.1. The minimum absolute atomic E-state index is 0.0329. The Hall–Kier alpha value is -1.66. The maximum Gasteiger partial charge on any atom is 0.253 e. The third-order valence-corrected chi connectivity index (χ3v) is 3.83. The van der Waals surface area contributed by atoms with Gasteiger partial charge in [0, 0.05) is 12.6 Å². The number of rotatable bonds is 3. The second kappa shape index (κ2) is 6.19. The summed E-state index contributed by atoms with van der Waals surface area (Å²) in [5, 5.41) is 2.98. The van der Waals surface area contributed by atoms with Crippen LogP contribution < -0.4 is 16.6 Å². The Balaban J connectivity index is 2.11. The van der Waals surface area contributed by atoms with Crippen LogP contribution in [0.2, 0.25) is 0 Å². The number of para-hydroxylation sites is 1. The summed E-state index contributed by atoms with van der Waals surface area (Å²) in [5.41, 5.74) is 2.52. The number of amides is 1. The molecule has 1 fully saturated rings. The molecule has 2 rings (SSSR count). The third-order valence-electron chi connectivity index (χ3n) is 3.83. The first-order valence-electron chi connectivity index (χ1n) is 6.77. The number of piperidine rings is 1. The van der Waals surface area contributed by atoms with Crippen LogP contribution in [0, 0.1) is 11.7 Å². The van der Waals surface area contributed by atoms with Crippen molar-refractivity contribution in [3.8, 4) is 0 Å². The molecule has 0 spiro atoms. The SMILES string of the molecule is CC1CN(C)CCC1NC(=O)c1cccc(F)c1NN. The molecule has 1 aliphatic heterocycles. The number of carbonyl (C=O) groups excluding carboxylic acids is 1. The summed E-state index contributed by atoms with van der Waals surface area (Å²) in [5.74, 6) is 4.83. The second-order valence-electron chi connectivity index (χ2n) is 5.41. The van der Waals surface area contributed by atoms with Gasteiger partial charge < -0.3 is 15.6 Å². The van der Waals surface area contributed by atoms with Gasteiger partial charge in [0.1, 0.15) is 5.82 Å². The van der Waals surface area contributed by atoms with E-state index in [1.807, 2.05) is 0 Å². The standard InChI is InChI=1S/C14H21FN4O/c1-9-8-19(2)7-6-12(9)17-14(20)10-4-3-5-11(15)13(10)18-16/h3-5,9,12,18H,6-8,16H2,1-2H3,(H,17,20). The minimum atomic E-state index is -0.531. The first-order valence-corrected chi connectivity index (χ1v) is 6.77. The normalized spacial score (nSPS) is 23.4. The quantitative estimate of drug-likeness (QED) is 0.574. The van der Waals surface area contributed by atoms with Gasteiger partial charge in [-0.3, -0.25) is 10.6 Å². The molecule has 0 bridgehead atoms. The van der Waals surface area contributed by atoms with E-state index in [0.29, 0.717) is 5.92 Å². The Kier molecular flexibility index (Phi) is 4.57. The molecular formula is C14H21FN4O. The number of hydrazine groups is 1. The van der Waals surface area contributed by atoms with E-state index < -0.39 is 5.82 Å². The zero-order valence-electron chi connectivity index (χ0n) is 11.8. The van der Waals surface area contributed by atoms with E-state index in [1.165, 1.54) is 12.1 Å². The zero-order valence-corrected chi connectivity index (χ0v) is 11.8. The number of nitrogens with two attached hydrogens (primary N) is 1. The van der Waals surface area contributed by atoms with Gasteiger partial charge in [0.15, 0.2) is 0 Å². The Morgan fingerprint density at radius 1 is 1.50 bits per heavy atom. The first kappa shape index (κ1) is 14.7. The van der Waals surface area contributed by atoms with Crippen LogP contribution in [0.25, 0.3) is 0 Å². The molecule has 1 aliphatic rings. The van der Waals surface area contributed by atoms with Crippen molar-refractivity contribution < 1.29 is 9.18 Å². The molecule has 1 aromatic rings. The number of hydrogen-bond acceptors (Lipinski definition) is 4. The van der Waals surface area contributed by atoms with Crippen LogP contribution in [0.1, 0.15) is 23.7 Å². The Labute approximate surface area is 118 Å². The Morgan fingerprint density at radius 3 is 2.90 bits per heavy atom. The van der Waals surface area contributed by atoms with E-state index >= 15 is 0 Å². The van der Waals surface area contributed by atoms with Crippen molar-refractivity contribution in [2.45, 2.75) is 19.4 Å². The van der Waals surface area contributed by atoms with Gasteiger partial charge in [0.2, 0.25) is 0 Å². The van der Waals surface area contributed by atoms with Crippen LogP contribution >= 0.6 is 0 Å². The fraction of sp³-hybridized carbons (Fsp3) is 0.500. The summed E-state index contributed by atoms with van der Waals surface area (Å²) >= 11 is 0. The van der Waals surface area contributed by atoms with Gasteiger partial charge in [-0.25, -0.2) is 4.39 Å². The van der Waals surface area contributed by atoms with Crippen molar-refractivity contribution in [2.24, 2.45) is 11.8 Å². The number of halogens is 1. The molecular weight excluding hydrogens is 259 g/mol. The number of nitrogens with one attached hydrogen (secondary N) is 2. The van der Waals surface area contributed by atoms with E-state index in [1.54, 1.807) is 6.07 Å². The summed E-state index contributed by atoms with van der Waals surface area (Å²) in [6.45, 7) is 3.99. The smallest absolute Gasteiger partial charge is 0.253 e. The molecule has 1 amide bonds. The van der Waals surface area contributed by atoms with Crippen molar-refractivity contribution in [1.82, 2.24) is 10.2 Å². The molecule has 1 heterocycles. The van der Waals surface area contributed by atoms with Crippen molar-refractivity contribution >= 4 is 11.6 Å². The summed E-state index contributed by atoms with van der Waals surface area (Å²) in [6.07, 6.45) is 0.893. The van der Waals surface area contributed by atoms with E-state index in [2.05, 4.69) is 29.6 Å². The van der Waals surface area contributed by atoms with Gasteiger partial charge in [0.05, 0.1) is 11.3 Å². The number of likely N-dealkylation sites (tertiary alicyclic amines) is 1. The fourth-order valence-electron chi connectivity index (χ4n) is 2.67. The molecule has 20 heavy (non-hydrogen) atoms. The molecule has 0 radical (unpaired) electrons. The number of nitrogen functional groups attached to an aromatic ring is 1. The number of carbonyl (C=O) groups is 1. The molecule has 1 aromatic carbocycles. The number of anilines is 1. The monoisotopic (exact) mass is 280 g/mol. The Bertz CT molecular complexity index is 494. The number of nitrogens with zero attached hydrogens (tertiary/aromatic N) is 1. The van der Waals surface area contributed by atoms with Gasteiger partial charge in [-0.1, -0.05) is 13.0 Å². The van der Waals surface area contributed by atoms with Gasteiger partial charge in [-0.15, -0.1) is 0 Å². The van der Waals surface area contributed by atoms with E-state index in [-0.39, 0.29) is 23.2 Å². The van der Waals surface area contributed by atoms with Gasteiger partial charge in [0.25, 0.3) is 5.91 Å². The summed E-state index contributed by atoms with van der Waals surface area (Å²) in [6, 6.07) is 4.44. The average molecular weight is 280 g/mol. The van der Waals surface area contributed by atoms with Gasteiger partial charge in [-0.2, -0.15) is 0 Å². The summed E-state index contributed by atoms with van der Waals surface area (Å²) < 4.78 is 13.6. The van der Waals surface area contributed by atoms with Crippen molar-refractivity contribution in [1.29, 1.82) is 0 Å². The molecule has 2 unspecified atom stereocenters. The van der Waals surface area contributed by atoms with Crippen molar-refractivity contribution in [2.75, 3.05) is 25.6 Å². The molecule has 0 aromatic heterocycles. The van der Waals surface area contributed by atoms with Crippen molar-refractivity contribution in [3.63, 3.8) is 0 Å². The Morgan fingerprint density at radius 2 is 2.25 bits per heavy atom. The lowest BCUT2D eigenvalue weighted by atomic mass is 9.94. The highest BCUT2D eigenvalue weighted by Crippen LogP contribution is 2.20. The van der Waals surface area contributed by atoms with Crippen LogP contribution in [-0.2, 0) is 0 Å². The lowest BCUT2D eigenvalue weighted by Crippen LogP contribution is -2.49. The first-order chi connectivity index (χ1) is 9.52. The van der Waals surface area contributed by atoms with Crippen LogP contribution in [0.3, 0.4) is 0 Å². The average Bonchev–Trinajstić information content (AvgIpc) is 2.41. The van der Waals surface area contributed by atoms with Crippen LogP contribution in [0.4, 0.5) is 10.1 Å². The molecule has 5 nitrogen and oxygen atoms in total. The third kappa shape index (κ3) is 3.08. The molecule has 0 aliphatic carbocycles. The lowest BCUT2D eigenvalue weighted by Gasteiger charge is -2.35. The van der Waals surface area contributed by atoms with Crippen LogP contribution in [0.5, 0.6) is 0 Å². The maximum absolute atomic E-state index is 13.6. The maximum atomic E-state index is 13.6. The molecule has 0 saturated carbocycles. The van der Waals surface area contributed by atoms with Crippen LogP contribution in [0.15, 0.2) is 18.2 Å². The van der Waals surface area contributed by atoms with Crippen molar-refractivity contribution in [3.05, 3.63) is 29.6 Å². The molecule has 1 saturated heterocycles. The molecule has 110 valence electrons. The second-order valence-corrected chi connectivity index (χ2v) is 5.41. The van der Waals surface area contributed by atoms with Crippen LogP contribution in [-0.4, -0.2) is 37.0 Å². The van der Waals surface area contributed by atoms with E-state index in [0.717, 1.165) is 19.5 Å². The number of hydrogen-bond donors (Lipinski definition) is 3. The molecule has 2 atom stereocenters. The predicted octanol–water partition coefficient (Wildman–Crippen LogP) is 1.18. The minimum Gasteiger partial charge on any atom is -0.349 e. The highest BCUT2D eigenvalue weighted by molar-refractivity contribution is 5.99. The molecule has 6 heteroatoms. The number of benzene rings is 1. The predicted molar refractivity (Wildman–Crippen MR) is 76.7 cm³/mol. The lowest BCUT2D eigenvalue weighted by molar-refractivity contribution is 0.0884. The largest absolute Gasteiger partial charge is 0.349 e.